The van der Waals surface area contributed by atoms with E-state index < -0.39 is 0 Å². The van der Waals surface area contributed by atoms with Gasteiger partial charge in [0.15, 0.2) is 0 Å². The van der Waals surface area contributed by atoms with E-state index in [0.29, 0.717) is 12.0 Å². The first kappa shape index (κ1) is 14.4. The van der Waals surface area contributed by atoms with Crippen LogP contribution in [0.25, 0.3) is 0 Å². The average molecular weight is 294 g/mol. The first-order chi connectivity index (χ1) is 9.83. The summed E-state index contributed by atoms with van der Waals surface area (Å²) in [6.07, 6.45) is 7.91. The van der Waals surface area contributed by atoms with Gasteiger partial charge in [-0.05, 0) is 56.1 Å². The number of hydrogen-bond acceptors (Lipinski definition) is 2. The molecule has 20 heavy (non-hydrogen) atoms. The summed E-state index contributed by atoms with van der Waals surface area (Å²) in [5.74, 6) is 0.508. The summed E-state index contributed by atoms with van der Waals surface area (Å²) < 4.78 is 5.75. The topological polar surface area (TPSA) is 21.3 Å². The summed E-state index contributed by atoms with van der Waals surface area (Å²) in [5.41, 5.74) is 1.29. The van der Waals surface area contributed by atoms with Crippen molar-refractivity contribution in [3.8, 4) is 0 Å². The van der Waals surface area contributed by atoms with Gasteiger partial charge in [0.1, 0.15) is 0 Å². The quantitative estimate of drug-likeness (QED) is 0.816. The predicted octanol–water partition coefficient (Wildman–Crippen LogP) is 4.13. The Labute approximate surface area is 126 Å². The maximum Gasteiger partial charge on any atom is 0.0576 e. The summed E-state index contributed by atoms with van der Waals surface area (Å²) in [6.45, 7) is 1.99. The van der Waals surface area contributed by atoms with E-state index in [-0.39, 0.29) is 0 Å². The van der Waals surface area contributed by atoms with Gasteiger partial charge in [0, 0.05) is 24.2 Å². The summed E-state index contributed by atoms with van der Waals surface area (Å²) in [6, 6.07) is 9.04. The SMILES string of the molecule is Clc1ccccc1C(CCC1CCCO1)CNC1CC1. The number of benzene rings is 1. The van der Waals surface area contributed by atoms with Crippen molar-refractivity contribution in [2.75, 3.05) is 13.2 Å². The molecule has 1 saturated heterocycles. The molecule has 1 aromatic carbocycles. The minimum absolute atomic E-state index is 0.473. The number of nitrogens with one attached hydrogen (secondary N) is 1. The van der Waals surface area contributed by atoms with Crippen molar-refractivity contribution in [3.05, 3.63) is 34.9 Å². The lowest BCUT2D eigenvalue weighted by Gasteiger charge is -2.21. The van der Waals surface area contributed by atoms with Gasteiger partial charge in [-0.1, -0.05) is 29.8 Å². The highest BCUT2D eigenvalue weighted by atomic mass is 35.5. The van der Waals surface area contributed by atoms with Crippen LogP contribution in [-0.4, -0.2) is 25.3 Å². The number of halogens is 1. The van der Waals surface area contributed by atoms with E-state index in [0.717, 1.165) is 37.1 Å². The van der Waals surface area contributed by atoms with Crippen LogP contribution < -0.4 is 5.32 Å². The smallest absolute Gasteiger partial charge is 0.0576 e. The van der Waals surface area contributed by atoms with Crippen LogP contribution in [0.15, 0.2) is 24.3 Å². The van der Waals surface area contributed by atoms with Crippen molar-refractivity contribution in [1.82, 2.24) is 5.32 Å². The van der Waals surface area contributed by atoms with Crippen molar-refractivity contribution < 1.29 is 4.74 Å². The molecule has 1 aliphatic carbocycles. The Bertz CT molecular complexity index is 427. The Morgan fingerprint density at radius 3 is 2.80 bits per heavy atom. The Kier molecular flexibility index (Phi) is 4.98. The predicted molar refractivity (Wildman–Crippen MR) is 83.4 cm³/mol. The maximum atomic E-state index is 6.39. The lowest BCUT2D eigenvalue weighted by molar-refractivity contribution is 0.101. The zero-order valence-electron chi connectivity index (χ0n) is 12.0. The summed E-state index contributed by atoms with van der Waals surface area (Å²) in [4.78, 5) is 0. The van der Waals surface area contributed by atoms with E-state index in [4.69, 9.17) is 16.3 Å². The first-order valence-corrected chi connectivity index (χ1v) is 8.30. The van der Waals surface area contributed by atoms with Gasteiger partial charge in [0.2, 0.25) is 0 Å². The van der Waals surface area contributed by atoms with Gasteiger partial charge in [-0.2, -0.15) is 0 Å². The van der Waals surface area contributed by atoms with E-state index in [1.165, 1.54) is 31.2 Å². The minimum Gasteiger partial charge on any atom is -0.378 e. The van der Waals surface area contributed by atoms with Gasteiger partial charge in [-0.15, -0.1) is 0 Å². The van der Waals surface area contributed by atoms with Crippen molar-refractivity contribution in [3.63, 3.8) is 0 Å². The molecular weight excluding hydrogens is 270 g/mol. The Morgan fingerprint density at radius 1 is 1.25 bits per heavy atom. The third kappa shape index (κ3) is 3.97. The molecule has 110 valence electrons. The third-order valence-corrected chi connectivity index (χ3v) is 4.78. The summed E-state index contributed by atoms with van der Waals surface area (Å²) in [7, 11) is 0. The van der Waals surface area contributed by atoms with Gasteiger partial charge in [0.25, 0.3) is 0 Å². The van der Waals surface area contributed by atoms with Crippen molar-refractivity contribution in [2.45, 2.75) is 56.6 Å². The highest BCUT2D eigenvalue weighted by Gasteiger charge is 2.24. The van der Waals surface area contributed by atoms with Crippen LogP contribution in [0.3, 0.4) is 0 Å². The van der Waals surface area contributed by atoms with Crippen molar-refractivity contribution in [2.24, 2.45) is 0 Å². The largest absolute Gasteiger partial charge is 0.378 e. The first-order valence-electron chi connectivity index (χ1n) is 7.92. The van der Waals surface area contributed by atoms with E-state index in [2.05, 4.69) is 17.4 Å². The second-order valence-electron chi connectivity index (χ2n) is 6.11. The average Bonchev–Trinajstić information content (AvgIpc) is 3.14. The zero-order chi connectivity index (χ0) is 13.8. The van der Waals surface area contributed by atoms with Gasteiger partial charge < -0.3 is 10.1 Å². The van der Waals surface area contributed by atoms with Crippen molar-refractivity contribution >= 4 is 11.6 Å². The normalized spacial score (nSPS) is 23.9. The molecule has 1 aromatic rings. The molecule has 2 fully saturated rings. The van der Waals surface area contributed by atoms with Crippen molar-refractivity contribution in [1.29, 1.82) is 0 Å². The molecule has 0 amide bonds. The number of hydrogen-bond donors (Lipinski definition) is 1. The molecule has 1 N–H and O–H groups in total. The summed E-state index contributed by atoms with van der Waals surface area (Å²) in [5, 5.41) is 4.56. The fourth-order valence-electron chi connectivity index (χ4n) is 3.03. The molecule has 0 radical (unpaired) electrons. The highest BCUT2D eigenvalue weighted by Crippen LogP contribution is 2.31. The highest BCUT2D eigenvalue weighted by molar-refractivity contribution is 6.31. The van der Waals surface area contributed by atoms with Crippen LogP contribution in [-0.2, 0) is 4.74 Å². The lowest BCUT2D eigenvalue weighted by atomic mass is 9.92. The molecule has 2 atom stereocenters. The fourth-order valence-corrected chi connectivity index (χ4v) is 3.32. The van der Waals surface area contributed by atoms with Crippen LogP contribution in [0.4, 0.5) is 0 Å². The van der Waals surface area contributed by atoms with Crippen LogP contribution >= 0.6 is 11.6 Å². The minimum atomic E-state index is 0.473. The standard InChI is InChI=1S/C17H24ClNO/c18-17-6-2-1-5-16(17)13(12-19-14-8-9-14)7-10-15-4-3-11-20-15/h1-2,5-6,13-15,19H,3-4,7-12H2. The number of ether oxygens (including phenoxy) is 1. The molecule has 0 bridgehead atoms. The van der Waals surface area contributed by atoms with Gasteiger partial charge in [-0.3, -0.25) is 0 Å². The molecule has 0 spiro atoms. The Balaban J connectivity index is 1.60. The van der Waals surface area contributed by atoms with E-state index >= 15 is 0 Å². The van der Waals surface area contributed by atoms with E-state index in [1.807, 2.05) is 12.1 Å². The van der Waals surface area contributed by atoms with Crippen LogP contribution in [0.5, 0.6) is 0 Å². The van der Waals surface area contributed by atoms with Gasteiger partial charge in [0.05, 0.1) is 6.10 Å². The second kappa shape index (κ2) is 6.93. The molecule has 1 heterocycles. The fraction of sp³-hybridized carbons (Fsp3) is 0.647. The van der Waals surface area contributed by atoms with Gasteiger partial charge >= 0.3 is 0 Å². The molecule has 3 rings (SSSR count). The molecule has 3 heteroatoms. The molecule has 2 unspecified atom stereocenters. The number of rotatable bonds is 7. The van der Waals surface area contributed by atoms with Crippen LogP contribution in [0.1, 0.15) is 50.0 Å². The zero-order valence-corrected chi connectivity index (χ0v) is 12.7. The summed E-state index contributed by atoms with van der Waals surface area (Å²) >= 11 is 6.39. The van der Waals surface area contributed by atoms with Gasteiger partial charge in [-0.25, -0.2) is 0 Å². The van der Waals surface area contributed by atoms with E-state index in [9.17, 15) is 0 Å². The molecule has 2 nitrogen and oxygen atoms in total. The third-order valence-electron chi connectivity index (χ3n) is 4.44. The Hall–Kier alpha value is -0.570. The molecule has 1 saturated carbocycles. The van der Waals surface area contributed by atoms with Crippen LogP contribution in [0.2, 0.25) is 5.02 Å². The molecule has 1 aliphatic heterocycles. The molecule has 0 aromatic heterocycles. The molecular formula is C17H24ClNO. The molecule has 2 aliphatic rings. The van der Waals surface area contributed by atoms with Crippen LogP contribution in [0, 0.1) is 0 Å². The lowest BCUT2D eigenvalue weighted by Crippen LogP contribution is -2.24. The Morgan fingerprint density at radius 2 is 2.10 bits per heavy atom. The monoisotopic (exact) mass is 293 g/mol. The second-order valence-corrected chi connectivity index (χ2v) is 6.52. The maximum absolute atomic E-state index is 6.39. The van der Waals surface area contributed by atoms with E-state index in [1.54, 1.807) is 0 Å².